The lowest BCUT2D eigenvalue weighted by Gasteiger charge is -2.30. The molecule has 1 aromatic rings. The van der Waals surface area contributed by atoms with E-state index in [1.165, 1.54) is 11.8 Å². The smallest absolute Gasteiger partial charge is 0.266 e. The van der Waals surface area contributed by atoms with Gasteiger partial charge < -0.3 is 9.84 Å². The van der Waals surface area contributed by atoms with Crippen LogP contribution in [0.5, 0.6) is 11.5 Å². The van der Waals surface area contributed by atoms with Crippen LogP contribution in [-0.2, 0) is 4.79 Å². The maximum absolute atomic E-state index is 12.5. The van der Waals surface area contributed by atoms with Crippen molar-refractivity contribution in [3.05, 3.63) is 28.7 Å². The number of thioether (sulfide) groups is 1. The second-order valence-electron chi connectivity index (χ2n) is 5.85. The Kier molecular flexibility index (Phi) is 4.82. The molecule has 1 fully saturated rings. The van der Waals surface area contributed by atoms with E-state index in [1.807, 2.05) is 27.7 Å². The number of rotatable bonds is 3. The molecule has 1 heterocycles. The van der Waals surface area contributed by atoms with E-state index < -0.39 is 0 Å². The molecular weight excluding hydrogens is 318 g/mol. The summed E-state index contributed by atoms with van der Waals surface area (Å²) in [4.78, 5) is 14.7. The van der Waals surface area contributed by atoms with Crippen LogP contribution in [0.1, 0.15) is 33.3 Å². The quantitative estimate of drug-likeness (QED) is 0.672. The fraction of sp³-hybridized carbons (Fsp3) is 0.375. The minimum Gasteiger partial charge on any atom is -0.504 e. The predicted octanol–water partition coefficient (Wildman–Crippen LogP) is 3.79. The van der Waals surface area contributed by atoms with Gasteiger partial charge in [-0.2, -0.15) is 0 Å². The molecule has 22 heavy (non-hydrogen) atoms. The van der Waals surface area contributed by atoms with Crippen molar-refractivity contribution in [1.82, 2.24) is 4.90 Å². The first-order chi connectivity index (χ1) is 10.2. The van der Waals surface area contributed by atoms with E-state index in [1.54, 1.807) is 29.2 Å². The lowest BCUT2D eigenvalue weighted by atomic mass is 10.1. The number of carbonyl (C=O) groups is 1. The Hall–Kier alpha value is -1.53. The van der Waals surface area contributed by atoms with E-state index in [4.69, 9.17) is 17.0 Å². The molecule has 2 rings (SSSR count). The number of hydrogen-bond acceptors (Lipinski definition) is 5. The number of ether oxygens (including phenoxy) is 1. The molecule has 1 aromatic carbocycles. The van der Waals surface area contributed by atoms with Crippen molar-refractivity contribution in [2.75, 3.05) is 6.61 Å². The lowest BCUT2D eigenvalue weighted by Crippen LogP contribution is -2.44. The number of phenols is 1. The molecule has 1 saturated heterocycles. The monoisotopic (exact) mass is 337 g/mol. The predicted molar refractivity (Wildman–Crippen MR) is 94.0 cm³/mol. The SMILES string of the molecule is CCOc1cc(C=C2SC(=S)N(C(C)(C)C)C2=O)ccc1O. The van der Waals surface area contributed by atoms with Crippen LogP contribution in [0.15, 0.2) is 23.1 Å². The molecule has 0 saturated carbocycles. The van der Waals surface area contributed by atoms with Gasteiger partial charge in [-0.3, -0.25) is 9.69 Å². The largest absolute Gasteiger partial charge is 0.504 e. The average molecular weight is 337 g/mol. The highest BCUT2D eigenvalue weighted by Gasteiger charge is 2.38. The molecule has 4 nitrogen and oxygen atoms in total. The van der Waals surface area contributed by atoms with E-state index in [2.05, 4.69) is 0 Å². The summed E-state index contributed by atoms with van der Waals surface area (Å²) >= 11 is 6.60. The van der Waals surface area contributed by atoms with Crippen molar-refractivity contribution in [3.63, 3.8) is 0 Å². The molecular formula is C16H19NO3S2. The van der Waals surface area contributed by atoms with Crippen LogP contribution < -0.4 is 4.74 Å². The molecule has 1 amide bonds. The van der Waals surface area contributed by atoms with E-state index >= 15 is 0 Å². The van der Waals surface area contributed by atoms with Gasteiger partial charge in [-0.25, -0.2) is 0 Å². The summed E-state index contributed by atoms with van der Waals surface area (Å²) in [6.07, 6.45) is 1.77. The Balaban J connectivity index is 2.33. The maximum Gasteiger partial charge on any atom is 0.266 e. The highest BCUT2D eigenvalue weighted by Crippen LogP contribution is 2.37. The Morgan fingerprint density at radius 1 is 1.41 bits per heavy atom. The summed E-state index contributed by atoms with van der Waals surface area (Å²) in [5.74, 6) is 0.400. The molecule has 0 radical (unpaired) electrons. The van der Waals surface area contributed by atoms with Crippen molar-refractivity contribution in [2.45, 2.75) is 33.2 Å². The first-order valence-corrected chi connectivity index (χ1v) is 8.20. The second kappa shape index (κ2) is 6.30. The Morgan fingerprint density at radius 2 is 2.09 bits per heavy atom. The number of carbonyl (C=O) groups excluding carboxylic acids is 1. The van der Waals surface area contributed by atoms with Gasteiger partial charge in [-0.15, -0.1) is 0 Å². The number of benzene rings is 1. The van der Waals surface area contributed by atoms with Gasteiger partial charge in [0, 0.05) is 5.54 Å². The zero-order valence-electron chi connectivity index (χ0n) is 13.0. The van der Waals surface area contributed by atoms with E-state index in [-0.39, 0.29) is 17.2 Å². The van der Waals surface area contributed by atoms with Crippen LogP contribution in [-0.4, -0.2) is 32.4 Å². The molecule has 6 heteroatoms. The molecule has 0 aliphatic carbocycles. The van der Waals surface area contributed by atoms with Gasteiger partial charge in [0.2, 0.25) is 0 Å². The Labute approximate surface area is 140 Å². The molecule has 0 atom stereocenters. The number of hydrogen-bond donors (Lipinski definition) is 1. The zero-order valence-corrected chi connectivity index (χ0v) is 14.7. The molecule has 0 unspecified atom stereocenters. The highest BCUT2D eigenvalue weighted by atomic mass is 32.2. The van der Waals surface area contributed by atoms with Crippen LogP contribution in [0.25, 0.3) is 6.08 Å². The Bertz CT molecular complexity index is 647. The molecule has 1 aliphatic rings. The molecule has 0 spiro atoms. The van der Waals surface area contributed by atoms with Crippen molar-refractivity contribution in [3.8, 4) is 11.5 Å². The normalized spacial score (nSPS) is 17.5. The van der Waals surface area contributed by atoms with Crippen molar-refractivity contribution in [2.24, 2.45) is 0 Å². The molecule has 118 valence electrons. The van der Waals surface area contributed by atoms with Crippen LogP contribution in [0.3, 0.4) is 0 Å². The summed E-state index contributed by atoms with van der Waals surface area (Å²) < 4.78 is 5.92. The first kappa shape index (κ1) is 16.8. The van der Waals surface area contributed by atoms with E-state index in [0.29, 0.717) is 21.6 Å². The molecule has 0 aromatic heterocycles. The average Bonchev–Trinajstić information content (AvgIpc) is 2.68. The summed E-state index contributed by atoms with van der Waals surface area (Å²) in [5, 5.41) is 9.72. The van der Waals surface area contributed by atoms with Crippen molar-refractivity contribution < 1.29 is 14.6 Å². The van der Waals surface area contributed by atoms with Gasteiger partial charge in [0.1, 0.15) is 4.32 Å². The summed E-state index contributed by atoms with van der Waals surface area (Å²) in [6.45, 7) is 8.17. The van der Waals surface area contributed by atoms with Gasteiger partial charge in [0.15, 0.2) is 11.5 Å². The minimum absolute atomic E-state index is 0.0845. The van der Waals surface area contributed by atoms with E-state index in [9.17, 15) is 9.90 Å². The highest BCUT2D eigenvalue weighted by molar-refractivity contribution is 8.26. The first-order valence-electron chi connectivity index (χ1n) is 6.98. The standard InChI is InChI=1S/C16H19NO3S2/c1-5-20-12-8-10(6-7-11(12)18)9-13-14(19)17(15(21)22-13)16(2,3)4/h6-9,18H,5H2,1-4H3. The van der Waals surface area contributed by atoms with Gasteiger partial charge in [-0.05, 0) is 51.5 Å². The maximum atomic E-state index is 12.5. The van der Waals surface area contributed by atoms with Crippen LogP contribution >= 0.6 is 24.0 Å². The number of nitrogens with zero attached hydrogens (tertiary/aromatic N) is 1. The Morgan fingerprint density at radius 3 is 2.64 bits per heavy atom. The lowest BCUT2D eigenvalue weighted by molar-refractivity contribution is -0.125. The summed E-state index contributed by atoms with van der Waals surface area (Å²) in [7, 11) is 0. The van der Waals surface area contributed by atoms with Crippen molar-refractivity contribution in [1.29, 1.82) is 0 Å². The second-order valence-corrected chi connectivity index (χ2v) is 7.52. The van der Waals surface area contributed by atoms with Gasteiger partial charge in [0.25, 0.3) is 5.91 Å². The third-order valence-electron chi connectivity index (χ3n) is 3.05. The number of amides is 1. The van der Waals surface area contributed by atoms with Crippen molar-refractivity contribution >= 4 is 40.3 Å². The molecule has 1 aliphatic heterocycles. The van der Waals surface area contributed by atoms with Crippen LogP contribution in [0, 0.1) is 0 Å². The summed E-state index contributed by atoms with van der Waals surface area (Å²) in [5.41, 5.74) is 0.443. The van der Waals surface area contributed by atoms with Gasteiger partial charge >= 0.3 is 0 Å². The number of phenolic OH excluding ortho intramolecular Hbond substituents is 1. The fourth-order valence-corrected chi connectivity index (χ4v) is 3.73. The van der Waals surface area contributed by atoms with Gasteiger partial charge in [-0.1, -0.05) is 30.0 Å². The third kappa shape index (κ3) is 3.44. The minimum atomic E-state index is -0.345. The molecule has 1 N–H and O–H groups in total. The summed E-state index contributed by atoms with van der Waals surface area (Å²) in [6, 6.07) is 5.01. The van der Waals surface area contributed by atoms with Gasteiger partial charge in [0.05, 0.1) is 11.5 Å². The third-order valence-corrected chi connectivity index (χ3v) is 4.35. The number of thiocarbonyl (C=S) groups is 1. The van der Waals surface area contributed by atoms with Crippen LogP contribution in [0.2, 0.25) is 0 Å². The molecule has 0 bridgehead atoms. The zero-order chi connectivity index (χ0) is 16.5. The van der Waals surface area contributed by atoms with Crippen LogP contribution in [0.4, 0.5) is 0 Å². The van der Waals surface area contributed by atoms with E-state index in [0.717, 1.165) is 5.56 Å². The number of aromatic hydroxyl groups is 1. The topological polar surface area (TPSA) is 49.8 Å². The fourth-order valence-electron chi connectivity index (χ4n) is 2.09.